The van der Waals surface area contributed by atoms with Crippen LogP contribution in [0.5, 0.6) is 5.75 Å². The number of amides is 2. The summed E-state index contributed by atoms with van der Waals surface area (Å²) in [6.45, 7) is 0.374. The lowest BCUT2D eigenvalue weighted by Crippen LogP contribution is -2.30. The number of ether oxygens (including phenoxy) is 1. The van der Waals surface area contributed by atoms with Crippen molar-refractivity contribution < 1.29 is 14.3 Å². The summed E-state index contributed by atoms with van der Waals surface area (Å²) in [6.07, 6.45) is 2.42. The third kappa shape index (κ3) is 3.53. The van der Waals surface area contributed by atoms with Crippen molar-refractivity contribution in [1.29, 1.82) is 0 Å². The standard InChI is InChI=1S/C23H19NO3S/c1-27-20-12-11-17-9-5-6-10-18(17)19(20)15-21-22(25)24(23(26)28-21)14-13-16-7-3-2-4-8-16/h2-12,15H,13-14H2,1H3/b21-15-. The lowest BCUT2D eigenvalue weighted by Gasteiger charge is -2.12. The van der Waals surface area contributed by atoms with Gasteiger partial charge >= 0.3 is 0 Å². The van der Waals surface area contributed by atoms with Crippen molar-refractivity contribution in [3.63, 3.8) is 0 Å². The van der Waals surface area contributed by atoms with Crippen LogP contribution in [-0.2, 0) is 11.2 Å². The molecule has 28 heavy (non-hydrogen) atoms. The van der Waals surface area contributed by atoms with Crippen LogP contribution in [0.3, 0.4) is 0 Å². The van der Waals surface area contributed by atoms with Crippen LogP contribution in [0.4, 0.5) is 4.79 Å². The molecule has 1 aliphatic rings. The number of benzene rings is 3. The van der Waals surface area contributed by atoms with Crippen LogP contribution in [0.15, 0.2) is 71.6 Å². The molecular formula is C23H19NO3S. The average Bonchev–Trinajstić information content (AvgIpc) is 3.00. The zero-order valence-corrected chi connectivity index (χ0v) is 16.2. The Bertz CT molecular complexity index is 1080. The molecule has 0 N–H and O–H groups in total. The zero-order chi connectivity index (χ0) is 19.5. The molecule has 0 saturated carbocycles. The Labute approximate surface area is 167 Å². The zero-order valence-electron chi connectivity index (χ0n) is 15.4. The minimum atomic E-state index is -0.249. The molecule has 3 aromatic rings. The molecule has 3 aromatic carbocycles. The summed E-state index contributed by atoms with van der Waals surface area (Å²) < 4.78 is 5.49. The van der Waals surface area contributed by atoms with E-state index >= 15 is 0 Å². The summed E-state index contributed by atoms with van der Waals surface area (Å²) in [7, 11) is 1.60. The van der Waals surface area contributed by atoms with Gasteiger partial charge in [-0.25, -0.2) is 0 Å². The maximum absolute atomic E-state index is 12.9. The number of hydrogen-bond acceptors (Lipinski definition) is 4. The van der Waals surface area contributed by atoms with Gasteiger partial charge in [-0.1, -0.05) is 60.7 Å². The first-order valence-electron chi connectivity index (χ1n) is 9.02. The first-order valence-corrected chi connectivity index (χ1v) is 9.84. The first-order chi connectivity index (χ1) is 13.7. The minimum absolute atomic E-state index is 0.230. The fourth-order valence-electron chi connectivity index (χ4n) is 3.31. The number of fused-ring (bicyclic) bond motifs is 1. The largest absolute Gasteiger partial charge is 0.496 e. The molecule has 1 saturated heterocycles. The molecule has 4 rings (SSSR count). The Morgan fingerprint density at radius 2 is 1.71 bits per heavy atom. The van der Waals surface area contributed by atoms with Crippen molar-refractivity contribution in [2.45, 2.75) is 6.42 Å². The van der Waals surface area contributed by atoms with Crippen molar-refractivity contribution in [3.05, 3.63) is 82.8 Å². The molecule has 0 spiro atoms. The summed E-state index contributed by atoms with van der Waals surface area (Å²) >= 11 is 0.982. The van der Waals surface area contributed by atoms with Crippen LogP contribution in [0.2, 0.25) is 0 Å². The molecule has 2 amide bonds. The third-order valence-corrected chi connectivity index (χ3v) is 5.67. The van der Waals surface area contributed by atoms with E-state index in [9.17, 15) is 9.59 Å². The molecule has 1 fully saturated rings. The van der Waals surface area contributed by atoms with E-state index in [0.29, 0.717) is 23.6 Å². The minimum Gasteiger partial charge on any atom is -0.496 e. The Kier molecular flexibility index (Phi) is 5.17. The predicted octanol–water partition coefficient (Wildman–Crippen LogP) is 5.13. The number of methoxy groups -OCH3 is 1. The van der Waals surface area contributed by atoms with Gasteiger partial charge in [-0.2, -0.15) is 0 Å². The van der Waals surface area contributed by atoms with Crippen LogP contribution in [0.1, 0.15) is 11.1 Å². The normalized spacial score (nSPS) is 15.6. The van der Waals surface area contributed by atoms with Gasteiger partial charge in [0.2, 0.25) is 0 Å². The number of thioether (sulfide) groups is 1. The van der Waals surface area contributed by atoms with Gasteiger partial charge in [0, 0.05) is 12.1 Å². The molecule has 4 nitrogen and oxygen atoms in total. The van der Waals surface area contributed by atoms with Crippen molar-refractivity contribution >= 4 is 39.8 Å². The second kappa shape index (κ2) is 7.90. The van der Waals surface area contributed by atoms with Gasteiger partial charge in [0.1, 0.15) is 5.75 Å². The van der Waals surface area contributed by atoms with Crippen molar-refractivity contribution in [2.75, 3.05) is 13.7 Å². The fourth-order valence-corrected chi connectivity index (χ4v) is 4.16. The van der Waals surface area contributed by atoms with Crippen LogP contribution in [-0.4, -0.2) is 29.7 Å². The van der Waals surface area contributed by atoms with E-state index in [4.69, 9.17) is 4.74 Å². The van der Waals surface area contributed by atoms with E-state index in [1.807, 2.05) is 66.7 Å². The van der Waals surface area contributed by atoms with Gasteiger partial charge in [-0.05, 0) is 46.7 Å². The van der Waals surface area contributed by atoms with E-state index in [2.05, 4.69) is 0 Å². The number of rotatable bonds is 5. The number of nitrogens with zero attached hydrogens (tertiary/aromatic N) is 1. The van der Waals surface area contributed by atoms with E-state index in [1.54, 1.807) is 13.2 Å². The van der Waals surface area contributed by atoms with Crippen LogP contribution in [0, 0.1) is 0 Å². The van der Waals surface area contributed by atoms with Crippen LogP contribution in [0.25, 0.3) is 16.8 Å². The van der Waals surface area contributed by atoms with Crippen LogP contribution >= 0.6 is 11.8 Å². The molecule has 1 heterocycles. The van der Waals surface area contributed by atoms with Crippen LogP contribution < -0.4 is 4.74 Å². The molecule has 1 aliphatic heterocycles. The van der Waals surface area contributed by atoms with E-state index < -0.39 is 0 Å². The summed E-state index contributed by atoms with van der Waals surface area (Å²) in [4.78, 5) is 27.0. The molecule has 0 atom stereocenters. The van der Waals surface area contributed by atoms with Gasteiger partial charge < -0.3 is 4.74 Å². The second-order valence-corrected chi connectivity index (χ2v) is 7.46. The Hall–Kier alpha value is -3.05. The highest BCUT2D eigenvalue weighted by molar-refractivity contribution is 8.18. The molecule has 0 bridgehead atoms. The van der Waals surface area contributed by atoms with Gasteiger partial charge in [-0.15, -0.1) is 0 Å². The van der Waals surface area contributed by atoms with Gasteiger partial charge in [0.25, 0.3) is 11.1 Å². The predicted molar refractivity (Wildman–Crippen MR) is 113 cm³/mol. The fraction of sp³-hybridized carbons (Fsp3) is 0.130. The van der Waals surface area contributed by atoms with Gasteiger partial charge in [0.05, 0.1) is 12.0 Å². The SMILES string of the molecule is COc1ccc2ccccc2c1/C=C1\SC(=O)N(CCc2ccccc2)C1=O. The highest BCUT2D eigenvalue weighted by Gasteiger charge is 2.34. The number of carbonyl (C=O) groups excluding carboxylic acids is 2. The second-order valence-electron chi connectivity index (χ2n) is 6.47. The number of carbonyl (C=O) groups is 2. The molecular weight excluding hydrogens is 370 g/mol. The summed E-state index contributed by atoms with van der Waals surface area (Å²) in [5.41, 5.74) is 1.91. The molecule has 0 unspecified atom stereocenters. The Morgan fingerprint density at radius 3 is 2.50 bits per heavy atom. The Morgan fingerprint density at radius 1 is 0.964 bits per heavy atom. The van der Waals surface area contributed by atoms with E-state index in [-0.39, 0.29) is 11.1 Å². The van der Waals surface area contributed by atoms with Gasteiger partial charge in [0.15, 0.2) is 0 Å². The third-order valence-electron chi connectivity index (χ3n) is 4.77. The van der Waals surface area contributed by atoms with E-state index in [0.717, 1.165) is 33.7 Å². The number of imide groups is 1. The Balaban J connectivity index is 1.63. The summed E-state index contributed by atoms with van der Waals surface area (Å²) in [6, 6.07) is 21.6. The smallest absolute Gasteiger partial charge is 0.293 e. The highest BCUT2D eigenvalue weighted by Crippen LogP contribution is 2.36. The molecule has 0 aromatic heterocycles. The molecule has 140 valence electrons. The number of hydrogen-bond donors (Lipinski definition) is 0. The maximum Gasteiger partial charge on any atom is 0.293 e. The van der Waals surface area contributed by atoms with Gasteiger partial charge in [-0.3, -0.25) is 14.5 Å². The van der Waals surface area contributed by atoms with E-state index in [1.165, 1.54) is 4.90 Å². The lowest BCUT2D eigenvalue weighted by molar-refractivity contribution is -0.122. The lowest BCUT2D eigenvalue weighted by atomic mass is 10.0. The first kappa shape index (κ1) is 18.3. The highest BCUT2D eigenvalue weighted by atomic mass is 32.2. The maximum atomic E-state index is 12.9. The average molecular weight is 389 g/mol. The van der Waals surface area contributed by atoms with Crippen molar-refractivity contribution in [3.8, 4) is 5.75 Å². The molecule has 0 radical (unpaired) electrons. The molecule has 0 aliphatic carbocycles. The molecule has 5 heteroatoms. The quantitative estimate of drug-likeness (QED) is 0.568. The van der Waals surface area contributed by atoms with Crippen molar-refractivity contribution in [1.82, 2.24) is 4.90 Å². The van der Waals surface area contributed by atoms with Crippen molar-refractivity contribution in [2.24, 2.45) is 0 Å². The summed E-state index contributed by atoms with van der Waals surface area (Å²) in [5.74, 6) is 0.427. The summed E-state index contributed by atoms with van der Waals surface area (Å²) in [5, 5.41) is 1.81. The monoisotopic (exact) mass is 389 g/mol. The topological polar surface area (TPSA) is 46.6 Å².